The minimum atomic E-state index is 0.779. The van der Waals surface area contributed by atoms with Gasteiger partial charge < -0.3 is 9.47 Å². The number of aromatic nitrogens is 2. The van der Waals surface area contributed by atoms with Gasteiger partial charge in [-0.25, -0.2) is 0 Å². The van der Waals surface area contributed by atoms with E-state index in [0.29, 0.717) is 0 Å². The first-order valence-electron chi connectivity index (χ1n) is 7.91. The van der Waals surface area contributed by atoms with E-state index in [1.807, 2.05) is 0 Å². The predicted molar refractivity (Wildman–Crippen MR) is 77.2 cm³/mol. The maximum Gasteiger partial charge on any atom is 0.232 e. The number of aryl methyl sites for hydroxylation is 2. The lowest BCUT2D eigenvalue weighted by Gasteiger charge is -2.26. The standard InChI is InChI=1S/C15H25N3O2/c1-2-7-18-14(5-1)13-15(16-18)20-10-4-3-6-17-8-11-19-12-9-17/h13H,1-12H2. The molecule has 1 aromatic heterocycles. The van der Waals surface area contributed by atoms with Crippen LogP contribution >= 0.6 is 0 Å². The van der Waals surface area contributed by atoms with Crippen LogP contribution in [0.4, 0.5) is 0 Å². The first-order chi connectivity index (χ1) is 9.92. The number of hydrogen-bond donors (Lipinski definition) is 0. The lowest BCUT2D eigenvalue weighted by atomic mass is 10.1. The van der Waals surface area contributed by atoms with Crippen molar-refractivity contribution in [2.24, 2.45) is 0 Å². The average molecular weight is 279 g/mol. The molecule has 0 N–H and O–H groups in total. The van der Waals surface area contributed by atoms with Crippen molar-refractivity contribution in [3.63, 3.8) is 0 Å². The number of hydrogen-bond acceptors (Lipinski definition) is 4. The Labute approximate surface area is 120 Å². The summed E-state index contributed by atoms with van der Waals surface area (Å²) >= 11 is 0. The fourth-order valence-corrected chi connectivity index (χ4v) is 2.90. The molecule has 5 nitrogen and oxygen atoms in total. The number of unbranched alkanes of at least 4 members (excludes halogenated alkanes) is 1. The highest BCUT2D eigenvalue weighted by atomic mass is 16.5. The quantitative estimate of drug-likeness (QED) is 0.743. The van der Waals surface area contributed by atoms with Gasteiger partial charge in [-0.05, 0) is 38.6 Å². The molecule has 0 radical (unpaired) electrons. The van der Waals surface area contributed by atoms with Gasteiger partial charge in [-0.1, -0.05) is 0 Å². The van der Waals surface area contributed by atoms with Crippen molar-refractivity contribution in [1.82, 2.24) is 14.7 Å². The molecule has 1 fully saturated rings. The Hall–Kier alpha value is -1.07. The molecule has 3 rings (SSSR count). The lowest BCUT2D eigenvalue weighted by molar-refractivity contribution is 0.0367. The normalized spacial score (nSPS) is 19.8. The van der Waals surface area contributed by atoms with Gasteiger partial charge in [0.1, 0.15) is 0 Å². The van der Waals surface area contributed by atoms with Crippen molar-refractivity contribution in [1.29, 1.82) is 0 Å². The number of fused-ring (bicyclic) bond motifs is 1. The zero-order chi connectivity index (χ0) is 13.6. The van der Waals surface area contributed by atoms with Gasteiger partial charge >= 0.3 is 0 Å². The second kappa shape index (κ2) is 7.09. The Morgan fingerprint density at radius 2 is 2.05 bits per heavy atom. The van der Waals surface area contributed by atoms with Crippen molar-refractivity contribution in [3.8, 4) is 5.88 Å². The fraction of sp³-hybridized carbons (Fsp3) is 0.800. The van der Waals surface area contributed by atoms with Crippen LogP contribution in [0.3, 0.4) is 0 Å². The van der Waals surface area contributed by atoms with E-state index < -0.39 is 0 Å². The molecule has 5 heteroatoms. The van der Waals surface area contributed by atoms with E-state index in [1.165, 1.54) is 25.0 Å². The summed E-state index contributed by atoms with van der Waals surface area (Å²) < 4.78 is 13.2. The Kier molecular flexibility index (Phi) is 4.92. The van der Waals surface area contributed by atoms with E-state index in [1.54, 1.807) is 0 Å². The largest absolute Gasteiger partial charge is 0.477 e. The van der Waals surface area contributed by atoms with Crippen LogP contribution < -0.4 is 4.74 Å². The highest BCUT2D eigenvalue weighted by Crippen LogP contribution is 2.19. The summed E-state index contributed by atoms with van der Waals surface area (Å²) in [6.45, 7) is 6.92. The Balaban J connectivity index is 1.32. The topological polar surface area (TPSA) is 39.5 Å². The number of ether oxygens (including phenoxy) is 2. The van der Waals surface area contributed by atoms with Crippen LogP contribution in [0.1, 0.15) is 31.4 Å². The molecule has 20 heavy (non-hydrogen) atoms. The Bertz CT molecular complexity index is 390. The average Bonchev–Trinajstić information content (AvgIpc) is 2.90. The molecule has 2 aliphatic heterocycles. The summed E-state index contributed by atoms with van der Waals surface area (Å²) in [6, 6.07) is 2.11. The van der Waals surface area contributed by atoms with Crippen molar-refractivity contribution in [2.75, 3.05) is 39.5 Å². The van der Waals surface area contributed by atoms with Gasteiger partial charge in [0.05, 0.1) is 19.8 Å². The van der Waals surface area contributed by atoms with Gasteiger partial charge in [0.2, 0.25) is 5.88 Å². The zero-order valence-corrected chi connectivity index (χ0v) is 12.2. The molecule has 1 aromatic rings. The van der Waals surface area contributed by atoms with Crippen molar-refractivity contribution >= 4 is 0 Å². The van der Waals surface area contributed by atoms with Crippen molar-refractivity contribution in [3.05, 3.63) is 11.8 Å². The molecule has 2 aliphatic rings. The van der Waals surface area contributed by atoms with Crippen LogP contribution in [-0.4, -0.2) is 54.1 Å². The second-order valence-electron chi connectivity index (χ2n) is 5.66. The van der Waals surface area contributed by atoms with E-state index in [4.69, 9.17) is 9.47 Å². The van der Waals surface area contributed by atoms with Gasteiger partial charge in [0.25, 0.3) is 0 Å². The number of morpholine rings is 1. The smallest absolute Gasteiger partial charge is 0.232 e. The monoisotopic (exact) mass is 279 g/mol. The highest BCUT2D eigenvalue weighted by molar-refractivity contribution is 5.16. The van der Waals surface area contributed by atoms with Gasteiger partial charge in [-0.15, -0.1) is 5.10 Å². The SMILES string of the molecule is c1c(OCCCCN2CCOCC2)nn2c1CCCC2. The third-order valence-electron chi connectivity index (χ3n) is 4.12. The zero-order valence-electron chi connectivity index (χ0n) is 12.2. The molecular weight excluding hydrogens is 254 g/mol. The fourth-order valence-electron chi connectivity index (χ4n) is 2.90. The molecule has 0 bridgehead atoms. The van der Waals surface area contributed by atoms with E-state index in [2.05, 4.69) is 20.7 Å². The lowest BCUT2D eigenvalue weighted by Crippen LogP contribution is -2.36. The minimum absolute atomic E-state index is 0.779. The predicted octanol–water partition coefficient (Wildman–Crippen LogP) is 1.71. The van der Waals surface area contributed by atoms with Crippen LogP contribution in [0, 0.1) is 0 Å². The third-order valence-corrected chi connectivity index (χ3v) is 4.12. The molecule has 0 unspecified atom stereocenters. The molecular formula is C15H25N3O2. The van der Waals surface area contributed by atoms with Crippen LogP contribution in [0.15, 0.2) is 6.07 Å². The molecule has 0 spiro atoms. The van der Waals surface area contributed by atoms with Crippen LogP contribution in [0.25, 0.3) is 0 Å². The number of rotatable bonds is 6. The second-order valence-corrected chi connectivity index (χ2v) is 5.66. The summed E-state index contributed by atoms with van der Waals surface area (Å²) in [5.74, 6) is 0.813. The summed E-state index contributed by atoms with van der Waals surface area (Å²) in [5, 5.41) is 4.51. The van der Waals surface area contributed by atoms with E-state index in [9.17, 15) is 0 Å². The maximum atomic E-state index is 5.77. The third kappa shape index (κ3) is 3.73. The molecule has 0 aliphatic carbocycles. The molecule has 0 saturated carbocycles. The first-order valence-corrected chi connectivity index (χ1v) is 7.91. The Morgan fingerprint density at radius 3 is 2.90 bits per heavy atom. The highest BCUT2D eigenvalue weighted by Gasteiger charge is 2.13. The van der Waals surface area contributed by atoms with Gasteiger partial charge in [-0.2, -0.15) is 0 Å². The molecule has 1 saturated heterocycles. The van der Waals surface area contributed by atoms with E-state index in [-0.39, 0.29) is 0 Å². The molecule has 0 amide bonds. The summed E-state index contributed by atoms with van der Waals surface area (Å²) in [6.07, 6.45) is 5.96. The van der Waals surface area contributed by atoms with Crippen molar-refractivity contribution in [2.45, 2.75) is 38.6 Å². The van der Waals surface area contributed by atoms with Gasteiger partial charge in [-0.3, -0.25) is 9.58 Å². The number of nitrogens with zero attached hydrogens (tertiary/aromatic N) is 3. The molecule has 112 valence electrons. The maximum absolute atomic E-state index is 5.77. The summed E-state index contributed by atoms with van der Waals surface area (Å²) in [4.78, 5) is 2.47. The van der Waals surface area contributed by atoms with Gasteiger partial charge in [0.15, 0.2) is 0 Å². The van der Waals surface area contributed by atoms with Crippen molar-refractivity contribution < 1.29 is 9.47 Å². The van der Waals surface area contributed by atoms with Gasteiger partial charge in [0, 0.05) is 31.4 Å². The summed E-state index contributed by atoms with van der Waals surface area (Å²) in [7, 11) is 0. The van der Waals surface area contributed by atoms with Crippen LogP contribution in [0.5, 0.6) is 5.88 Å². The van der Waals surface area contributed by atoms with Crippen LogP contribution in [0.2, 0.25) is 0 Å². The summed E-state index contributed by atoms with van der Waals surface area (Å²) in [5.41, 5.74) is 1.33. The van der Waals surface area contributed by atoms with E-state index in [0.717, 1.165) is 64.7 Å². The van der Waals surface area contributed by atoms with E-state index >= 15 is 0 Å². The molecule has 0 aromatic carbocycles. The molecule has 0 atom stereocenters. The first kappa shape index (κ1) is 13.9. The Morgan fingerprint density at radius 1 is 1.15 bits per heavy atom. The minimum Gasteiger partial charge on any atom is -0.477 e. The van der Waals surface area contributed by atoms with Crippen LogP contribution in [-0.2, 0) is 17.7 Å². The molecule has 3 heterocycles.